The van der Waals surface area contributed by atoms with E-state index in [0.717, 1.165) is 0 Å². The lowest BCUT2D eigenvalue weighted by Crippen LogP contribution is -2.20. The smallest absolute Gasteiger partial charge is 0.0215 e. The summed E-state index contributed by atoms with van der Waals surface area (Å²) < 4.78 is 0. The lowest BCUT2D eigenvalue weighted by atomic mass is 9.77. The van der Waals surface area contributed by atoms with Gasteiger partial charge in [0, 0.05) is 5.41 Å². The Morgan fingerprint density at radius 1 is 0.682 bits per heavy atom. The van der Waals surface area contributed by atoms with E-state index in [4.69, 9.17) is 0 Å². The van der Waals surface area contributed by atoms with E-state index in [1.165, 1.54) is 36.8 Å². The lowest BCUT2D eigenvalue weighted by molar-refractivity contribution is 0.469. The molecule has 0 radical (unpaired) electrons. The average molecular weight is 292 g/mol. The fourth-order valence-corrected chi connectivity index (χ4v) is 3.93. The quantitative estimate of drug-likeness (QED) is 0.514. The molecule has 2 aromatic rings. The first-order valence-corrected chi connectivity index (χ1v) is 8.61. The van der Waals surface area contributed by atoms with Gasteiger partial charge in [-0.15, -0.1) is 0 Å². The first-order valence-electron chi connectivity index (χ1n) is 8.61. The Balaban J connectivity index is 0.000000254. The number of hydrogen-bond acceptors (Lipinski definition) is 0. The van der Waals surface area contributed by atoms with Crippen molar-refractivity contribution in [1.82, 2.24) is 0 Å². The van der Waals surface area contributed by atoms with E-state index in [1.807, 2.05) is 0 Å². The highest BCUT2D eigenvalue weighted by Crippen LogP contribution is 2.56. The molecule has 0 amide bonds. The van der Waals surface area contributed by atoms with Crippen molar-refractivity contribution in [3.05, 3.63) is 59.7 Å². The minimum Gasteiger partial charge on any atom is -0.0619 e. The SMILES string of the molecule is CC(C)(C)C.c1ccc2c(c1)-c1ccccc1C21CCCC1. The maximum atomic E-state index is 2.35. The van der Waals surface area contributed by atoms with Crippen LogP contribution in [-0.4, -0.2) is 0 Å². The Kier molecular flexibility index (Phi) is 3.89. The van der Waals surface area contributed by atoms with Crippen molar-refractivity contribution < 1.29 is 0 Å². The van der Waals surface area contributed by atoms with Crippen LogP contribution in [0.4, 0.5) is 0 Å². The number of benzene rings is 2. The minimum absolute atomic E-state index is 0.354. The molecule has 22 heavy (non-hydrogen) atoms. The van der Waals surface area contributed by atoms with Crippen LogP contribution in [0.1, 0.15) is 64.5 Å². The van der Waals surface area contributed by atoms with Crippen molar-refractivity contribution in [3.63, 3.8) is 0 Å². The lowest BCUT2D eigenvalue weighted by Gasteiger charge is -2.26. The zero-order valence-electron chi connectivity index (χ0n) is 14.4. The molecule has 1 saturated carbocycles. The monoisotopic (exact) mass is 292 g/mol. The van der Waals surface area contributed by atoms with Crippen LogP contribution in [0.2, 0.25) is 0 Å². The molecule has 0 N–H and O–H groups in total. The van der Waals surface area contributed by atoms with E-state index in [1.54, 1.807) is 11.1 Å². The third kappa shape index (κ3) is 2.72. The standard InChI is InChI=1S/C17H16.C5H12/c1-3-9-15-13(7-1)14-8-2-4-10-16(14)17(15)11-5-6-12-17;1-5(2,3)4/h1-4,7-10H,5-6,11-12H2;1-4H3. The van der Waals surface area contributed by atoms with E-state index >= 15 is 0 Å². The van der Waals surface area contributed by atoms with E-state index in [-0.39, 0.29) is 0 Å². The predicted octanol–water partition coefficient (Wildman–Crippen LogP) is 6.58. The molecule has 116 valence electrons. The summed E-state index contributed by atoms with van der Waals surface area (Å²) in [6.07, 6.45) is 5.42. The van der Waals surface area contributed by atoms with Gasteiger partial charge in [0.15, 0.2) is 0 Å². The van der Waals surface area contributed by atoms with Crippen LogP contribution in [0, 0.1) is 5.41 Å². The zero-order chi connectivity index (χ0) is 15.8. The molecule has 2 aliphatic carbocycles. The van der Waals surface area contributed by atoms with Crippen LogP contribution < -0.4 is 0 Å². The van der Waals surface area contributed by atoms with Crippen LogP contribution >= 0.6 is 0 Å². The van der Waals surface area contributed by atoms with Crippen LogP contribution in [0.25, 0.3) is 11.1 Å². The Morgan fingerprint density at radius 2 is 1.05 bits per heavy atom. The summed E-state index contributed by atoms with van der Waals surface area (Å²) in [5, 5.41) is 0. The summed E-state index contributed by atoms with van der Waals surface area (Å²) in [6, 6.07) is 18.0. The molecule has 0 bridgehead atoms. The first kappa shape index (κ1) is 15.3. The maximum Gasteiger partial charge on any atom is 0.0215 e. The molecule has 1 spiro atoms. The molecule has 4 rings (SSSR count). The summed E-state index contributed by atoms with van der Waals surface area (Å²) in [5.41, 5.74) is 6.97. The van der Waals surface area contributed by atoms with Gasteiger partial charge in [-0.3, -0.25) is 0 Å². The largest absolute Gasteiger partial charge is 0.0619 e. The van der Waals surface area contributed by atoms with E-state index in [9.17, 15) is 0 Å². The van der Waals surface area contributed by atoms with Crippen LogP contribution in [0.3, 0.4) is 0 Å². The van der Waals surface area contributed by atoms with Crippen molar-refractivity contribution in [3.8, 4) is 11.1 Å². The number of fused-ring (bicyclic) bond motifs is 5. The molecular formula is C22H28. The second-order valence-electron chi connectivity index (χ2n) is 8.38. The number of rotatable bonds is 0. The second-order valence-corrected chi connectivity index (χ2v) is 8.38. The van der Waals surface area contributed by atoms with E-state index in [2.05, 4.69) is 76.2 Å². The normalized spacial score (nSPS) is 17.6. The van der Waals surface area contributed by atoms with Crippen molar-refractivity contribution in [2.24, 2.45) is 5.41 Å². The molecule has 0 heteroatoms. The van der Waals surface area contributed by atoms with Gasteiger partial charge in [0.1, 0.15) is 0 Å². The number of hydrogen-bond donors (Lipinski definition) is 0. The van der Waals surface area contributed by atoms with Gasteiger partial charge in [-0.05, 0) is 40.5 Å². The fraction of sp³-hybridized carbons (Fsp3) is 0.455. The summed E-state index contributed by atoms with van der Waals surface area (Å²) in [5.74, 6) is 0. The molecule has 0 atom stereocenters. The first-order chi connectivity index (χ1) is 10.4. The second kappa shape index (κ2) is 5.57. The van der Waals surface area contributed by atoms with Gasteiger partial charge in [-0.25, -0.2) is 0 Å². The molecule has 2 aromatic carbocycles. The van der Waals surface area contributed by atoms with Gasteiger partial charge in [-0.2, -0.15) is 0 Å². The topological polar surface area (TPSA) is 0 Å². The van der Waals surface area contributed by atoms with Crippen molar-refractivity contribution >= 4 is 0 Å². The van der Waals surface area contributed by atoms with E-state index in [0.29, 0.717) is 10.8 Å². The third-order valence-electron chi connectivity index (χ3n) is 4.63. The van der Waals surface area contributed by atoms with Gasteiger partial charge >= 0.3 is 0 Å². The molecule has 2 aliphatic rings. The van der Waals surface area contributed by atoms with E-state index < -0.39 is 0 Å². The molecule has 0 heterocycles. The van der Waals surface area contributed by atoms with Gasteiger partial charge in [0.2, 0.25) is 0 Å². The van der Waals surface area contributed by atoms with Crippen molar-refractivity contribution in [2.45, 2.75) is 58.8 Å². The van der Waals surface area contributed by atoms with Gasteiger partial charge in [-0.1, -0.05) is 89.1 Å². The molecular weight excluding hydrogens is 264 g/mol. The van der Waals surface area contributed by atoms with Crippen LogP contribution in [0.5, 0.6) is 0 Å². The molecule has 0 aliphatic heterocycles. The Hall–Kier alpha value is -1.56. The fourth-order valence-electron chi connectivity index (χ4n) is 3.93. The highest BCUT2D eigenvalue weighted by atomic mass is 14.5. The molecule has 0 unspecified atom stereocenters. The highest BCUT2D eigenvalue weighted by molar-refractivity contribution is 5.81. The Labute approximate surface area is 135 Å². The maximum absolute atomic E-state index is 2.35. The van der Waals surface area contributed by atoms with Gasteiger partial charge in [0.25, 0.3) is 0 Å². The van der Waals surface area contributed by atoms with Crippen molar-refractivity contribution in [2.75, 3.05) is 0 Å². The van der Waals surface area contributed by atoms with Gasteiger partial charge < -0.3 is 0 Å². The Morgan fingerprint density at radius 3 is 1.45 bits per heavy atom. The molecule has 0 saturated heterocycles. The van der Waals surface area contributed by atoms with Crippen LogP contribution in [0.15, 0.2) is 48.5 Å². The zero-order valence-corrected chi connectivity index (χ0v) is 14.4. The predicted molar refractivity (Wildman–Crippen MR) is 96.3 cm³/mol. The molecule has 0 aromatic heterocycles. The summed E-state index contributed by atoms with van der Waals surface area (Å²) >= 11 is 0. The molecule has 1 fully saturated rings. The summed E-state index contributed by atoms with van der Waals surface area (Å²) in [4.78, 5) is 0. The van der Waals surface area contributed by atoms with Crippen LogP contribution in [-0.2, 0) is 5.41 Å². The average Bonchev–Trinajstić information content (AvgIpc) is 3.05. The van der Waals surface area contributed by atoms with Gasteiger partial charge in [0.05, 0.1) is 0 Å². The van der Waals surface area contributed by atoms with Crippen molar-refractivity contribution in [1.29, 1.82) is 0 Å². The third-order valence-corrected chi connectivity index (χ3v) is 4.63. The summed E-state index contributed by atoms with van der Waals surface area (Å²) in [7, 11) is 0. The molecule has 0 nitrogen and oxygen atoms in total. The Bertz CT molecular complexity index is 598. The minimum atomic E-state index is 0.354. The summed E-state index contributed by atoms with van der Waals surface area (Å²) in [6.45, 7) is 8.75. The highest BCUT2D eigenvalue weighted by Gasteiger charge is 2.44.